The standard InChI is InChI=1S/C29H24N4O2/c1-34-11-12-35-27-4-2-3-19(13-27)28-17-26-16-24-8-7-22(31-24)14-20-5-6-21(30-20)15-23-9-10-25(32-23)18-29(28)33-26/h2-10,13-18,31,33H,11-12H2,1H3. The summed E-state index contributed by atoms with van der Waals surface area (Å²) in [4.78, 5) is 16.5. The van der Waals surface area contributed by atoms with Gasteiger partial charge in [-0.05, 0) is 84.5 Å². The molecule has 0 saturated heterocycles. The zero-order chi connectivity index (χ0) is 23.6. The molecule has 35 heavy (non-hydrogen) atoms. The summed E-state index contributed by atoms with van der Waals surface area (Å²) in [6.07, 6.45) is 8.06. The molecule has 6 heteroatoms. The van der Waals surface area contributed by atoms with Crippen molar-refractivity contribution in [1.29, 1.82) is 0 Å². The van der Waals surface area contributed by atoms with E-state index in [1.165, 1.54) is 0 Å². The van der Waals surface area contributed by atoms with Crippen molar-refractivity contribution in [1.82, 2.24) is 19.9 Å². The van der Waals surface area contributed by atoms with Gasteiger partial charge in [-0.25, -0.2) is 9.97 Å². The third-order valence-electron chi connectivity index (χ3n) is 5.87. The van der Waals surface area contributed by atoms with E-state index in [1.807, 2.05) is 48.6 Å². The fourth-order valence-corrected chi connectivity index (χ4v) is 4.25. The summed E-state index contributed by atoms with van der Waals surface area (Å²) < 4.78 is 11.0. The average Bonchev–Trinajstić information content (AvgIpc) is 3.65. The minimum absolute atomic E-state index is 0.508. The van der Waals surface area contributed by atoms with Gasteiger partial charge in [0.05, 0.1) is 29.4 Å². The Bertz CT molecular complexity index is 1620. The van der Waals surface area contributed by atoms with Crippen molar-refractivity contribution < 1.29 is 9.47 Å². The Morgan fingerprint density at radius 2 is 1.37 bits per heavy atom. The van der Waals surface area contributed by atoms with Crippen molar-refractivity contribution in [3.8, 4) is 16.9 Å². The summed E-state index contributed by atoms with van der Waals surface area (Å²) in [7, 11) is 1.67. The lowest BCUT2D eigenvalue weighted by Crippen LogP contribution is -2.04. The van der Waals surface area contributed by atoms with Crippen LogP contribution in [0.1, 0.15) is 22.8 Å². The van der Waals surface area contributed by atoms with Crippen LogP contribution >= 0.6 is 0 Å². The number of aromatic amines is 2. The van der Waals surface area contributed by atoms with Gasteiger partial charge < -0.3 is 19.4 Å². The molecule has 3 aromatic heterocycles. The number of H-pyrrole nitrogens is 2. The van der Waals surface area contributed by atoms with Crippen LogP contribution < -0.4 is 4.74 Å². The lowest BCUT2D eigenvalue weighted by Gasteiger charge is -2.07. The third kappa shape index (κ3) is 4.65. The Hall–Kier alpha value is -4.42. The maximum atomic E-state index is 5.85. The molecule has 0 aliphatic carbocycles. The molecule has 4 aromatic rings. The van der Waals surface area contributed by atoms with E-state index in [-0.39, 0.29) is 0 Å². The van der Waals surface area contributed by atoms with Gasteiger partial charge in [0.25, 0.3) is 0 Å². The highest BCUT2D eigenvalue weighted by molar-refractivity contribution is 5.88. The second-order valence-electron chi connectivity index (χ2n) is 8.46. The van der Waals surface area contributed by atoms with Gasteiger partial charge in [0.15, 0.2) is 0 Å². The van der Waals surface area contributed by atoms with Crippen LogP contribution in [-0.2, 0) is 4.74 Å². The number of hydrogen-bond acceptors (Lipinski definition) is 4. The van der Waals surface area contributed by atoms with Crippen LogP contribution in [0.15, 0.2) is 66.7 Å². The summed E-state index contributed by atoms with van der Waals surface area (Å²) in [5.41, 5.74) is 9.67. The lowest BCUT2D eigenvalue weighted by atomic mass is 10.1. The molecule has 6 rings (SSSR count). The van der Waals surface area contributed by atoms with Gasteiger partial charge in [-0.2, -0.15) is 0 Å². The number of benzene rings is 1. The largest absolute Gasteiger partial charge is 0.491 e. The maximum Gasteiger partial charge on any atom is 0.120 e. The molecular formula is C29H24N4O2. The van der Waals surface area contributed by atoms with E-state index in [0.29, 0.717) is 13.2 Å². The average molecular weight is 461 g/mol. The van der Waals surface area contributed by atoms with Crippen molar-refractivity contribution in [2.75, 3.05) is 20.3 Å². The van der Waals surface area contributed by atoms with E-state index in [2.05, 4.69) is 57.4 Å². The van der Waals surface area contributed by atoms with Gasteiger partial charge >= 0.3 is 0 Å². The highest BCUT2D eigenvalue weighted by Crippen LogP contribution is 2.30. The monoisotopic (exact) mass is 460 g/mol. The zero-order valence-corrected chi connectivity index (χ0v) is 19.3. The SMILES string of the molecule is COCCOc1cccc(-c2cc3cc4ccc(cc5nc(cc6nc(cc2[nH]3)C=C6)C=C5)[nH]4)c1. The van der Waals surface area contributed by atoms with Gasteiger partial charge in [0.2, 0.25) is 0 Å². The minimum atomic E-state index is 0.508. The number of ether oxygens (including phenoxy) is 2. The second-order valence-corrected chi connectivity index (χ2v) is 8.46. The first-order valence-corrected chi connectivity index (χ1v) is 11.5. The van der Waals surface area contributed by atoms with Gasteiger partial charge in [-0.15, -0.1) is 0 Å². The number of nitrogens with zero attached hydrogens (tertiary/aromatic N) is 2. The zero-order valence-electron chi connectivity index (χ0n) is 19.3. The van der Waals surface area contributed by atoms with E-state index < -0.39 is 0 Å². The molecule has 0 spiro atoms. The van der Waals surface area contributed by atoms with Crippen LogP contribution in [0.4, 0.5) is 0 Å². The van der Waals surface area contributed by atoms with E-state index in [1.54, 1.807) is 7.11 Å². The smallest absolute Gasteiger partial charge is 0.120 e. The summed E-state index contributed by atoms with van der Waals surface area (Å²) >= 11 is 0. The highest BCUT2D eigenvalue weighted by atomic mass is 16.5. The molecule has 8 bridgehead atoms. The molecule has 5 heterocycles. The van der Waals surface area contributed by atoms with Crippen LogP contribution in [0, 0.1) is 0 Å². The van der Waals surface area contributed by atoms with Crippen molar-refractivity contribution in [2.24, 2.45) is 0 Å². The van der Waals surface area contributed by atoms with Gasteiger partial charge in [-0.1, -0.05) is 12.1 Å². The molecule has 2 aliphatic heterocycles. The molecule has 0 radical (unpaired) electrons. The normalized spacial score (nSPS) is 12.3. The number of rotatable bonds is 5. The predicted molar refractivity (Wildman–Crippen MR) is 142 cm³/mol. The second kappa shape index (κ2) is 9.08. The Balaban J connectivity index is 1.55. The molecule has 0 atom stereocenters. The molecule has 0 unspecified atom stereocenters. The summed E-state index contributed by atoms with van der Waals surface area (Å²) in [5.74, 6) is 0.810. The topological polar surface area (TPSA) is 75.8 Å². The van der Waals surface area contributed by atoms with Crippen LogP contribution in [-0.4, -0.2) is 40.3 Å². The van der Waals surface area contributed by atoms with Crippen LogP contribution in [0.5, 0.6) is 5.75 Å². The Morgan fingerprint density at radius 1 is 0.657 bits per heavy atom. The van der Waals surface area contributed by atoms with Gasteiger partial charge in [-0.3, -0.25) is 0 Å². The van der Waals surface area contributed by atoms with Gasteiger partial charge in [0, 0.05) is 34.7 Å². The van der Waals surface area contributed by atoms with Crippen LogP contribution in [0.2, 0.25) is 0 Å². The predicted octanol–water partition coefficient (Wildman–Crippen LogP) is 6.35. The van der Waals surface area contributed by atoms with Gasteiger partial charge in [0.1, 0.15) is 12.4 Å². The highest BCUT2D eigenvalue weighted by Gasteiger charge is 2.08. The molecular weight excluding hydrogens is 436 g/mol. The van der Waals surface area contributed by atoms with E-state index >= 15 is 0 Å². The first kappa shape index (κ1) is 21.1. The molecule has 172 valence electrons. The Kier molecular flexibility index (Phi) is 5.48. The Labute approximate surface area is 202 Å². The summed E-state index contributed by atoms with van der Waals surface area (Å²) in [6.45, 7) is 1.05. The van der Waals surface area contributed by atoms with Crippen molar-refractivity contribution >= 4 is 46.4 Å². The molecule has 6 nitrogen and oxygen atoms in total. The summed E-state index contributed by atoms with van der Waals surface area (Å²) in [6, 6.07) is 22.6. The number of methoxy groups -OCH3 is 1. The molecule has 0 saturated carbocycles. The van der Waals surface area contributed by atoms with Crippen LogP contribution in [0.25, 0.3) is 57.5 Å². The Morgan fingerprint density at radius 3 is 2.14 bits per heavy atom. The molecule has 0 fully saturated rings. The maximum absolute atomic E-state index is 5.85. The first-order chi connectivity index (χ1) is 17.2. The summed E-state index contributed by atoms with van der Waals surface area (Å²) in [5, 5.41) is 0. The van der Waals surface area contributed by atoms with Crippen molar-refractivity contribution in [3.05, 3.63) is 89.5 Å². The first-order valence-electron chi connectivity index (χ1n) is 11.5. The molecule has 2 N–H and O–H groups in total. The number of hydrogen-bond donors (Lipinski definition) is 2. The number of aromatic nitrogens is 4. The quantitative estimate of drug-likeness (QED) is 0.294. The minimum Gasteiger partial charge on any atom is -0.491 e. The molecule has 0 amide bonds. The lowest BCUT2D eigenvalue weighted by molar-refractivity contribution is 0.146. The number of nitrogens with one attached hydrogen (secondary N) is 2. The van der Waals surface area contributed by atoms with E-state index in [9.17, 15) is 0 Å². The fraction of sp³-hybridized carbons (Fsp3) is 0.103. The van der Waals surface area contributed by atoms with Crippen LogP contribution in [0.3, 0.4) is 0 Å². The van der Waals surface area contributed by atoms with E-state index in [4.69, 9.17) is 14.5 Å². The molecule has 1 aromatic carbocycles. The fourth-order valence-electron chi connectivity index (χ4n) is 4.25. The van der Waals surface area contributed by atoms with Crippen molar-refractivity contribution in [3.63, 3.8) is 0 Å². The van der Waals surface area contributed by atoms with E-state index in [0.717, 1.165) is 61.7 Å². The number of fused-ring (bicyclic) bond motifs is 8. The van der Waals surface area contributed by atoms with Crippen molar-refractivity contribution in [2.45, 2.75) is 0 Å². The third-order valence-corrected chi connectivity index (χ3v) is 5.87. The molecule has 2 aliphatic rings.